The summed E-state index contributed by atoms with van der Waals surface area (Å²) >= 11 is 6.30. The van der Waals surface area contributed by atoms with Crippen LogP contribution in [0.4, 0.5) is 14.5 Å². The number of hydrogen-bond acceptors (Lipinski definition) is 1. The van der Waals surface area contributed by atoms with Crippen molar-refractivity contribution >= 4 is 23.2 Å². The number of rotatable bonds is 2. The fourth-order valence-corrected chi connectivity index (χ4v) is 2.85. The van der Waals surface area contributed by atoms with Gasteiger partial charge in [0, 0.05) is 24.4 Å². The van der Waals surface area contributed by atoms with Crippen LogP contribution in [0.15, 0.2) is 36.4 Å². The van der Waals surface area contributed by atoms with E-state index in [4.69, 9.17) is 11.6 Å². The zero-order chi connectivity index (χ0) is 15.1. The van der Waals surface area contributed by atoms with E-state index in [2.05, 4.69) is 0 Å². The van der Waals surface area contributed by atoms with Gasteiger partial charge in [0.25, 0.3) is 0 Å². The van der Waals surface area contributed by atoms with Crippen LogP contribution in [-0.2, 0) is 11.2 Å². The number of amides is 1. The Kier molecular flexibility index (Phi) is 3.41. The molecule has 0 aliphatic carbocycles. The average Bonchev–Trinajstić information content (AvgIpc) is 2.73. The molecule has 21 heavy (non-hydrogen) atoms. The van der Waals surface area contributed by atoms with Crippen molar-refractivity contribution in [2.75, 3.05) is 11.9 Å². The van der Waals surface area contributed by atoms with Crippen LogP contribution in [0, 0.1) is 11.6 Å². The fourth-order valence-electron chi connectivity index (χ4n) is 2.53. The molecule has 3 rings (SSSR count). The highest BCUT2D eigenvalue weighted by Crippen LogP contribution is 2.35. The molecule has 1 heterocycles. The first kappa shape index (κ1) is 14.0. The van der Waals surface area contributed by atoms with Crippen LogP contribution in [0.1, 0.15) is 22.1 Å². The van der Waals surface area contributed by atoms with Crippen molar-refractivity contribution in [1.82, 2.24) is 0 Å². The lowest BCUT2D eigenvalue weighted by atomic mass is 10.0. The van der Waals surface area contributed by atoms with Gasteiger partial charge in [-0.3, -0.25) is 4.79 Å². The second kappa shape index (κ2) is 5.11. The first-order valence-electron chi connectivity index (χ1n) is 6.46. The molecule has 0 N–H and O–H groups in total. The SMILES string of the molecule is CN1C(=O)Cc2cc(C(Cl)c3ccc(F)cc3F)ccc21. The fraction of sp³-hybridized carbons (Fsp3) is 0.188. The normalized spacial score (nSPS) is 15.2. The van der Waals surface area contributed by atoms with Gasteiger partial charge in [0.1, 0.15) is 11.6 Å². The molecule has 0 spiro atoms. The van der Waals surface area contributed by atoms with Gasteiger partial charge >= 0.3 is 0 Å². The van der Waals surface area contributed by atoms with E-state index >= 15 is 0 Å². The highest BCUT2D eigenvalue weighted by molar-refractivity contribution is 6.22. The quantitative estimate of drug-likeness (QED) is 0.773. The van der Waals surface area contributed by atoms with Crippen LogP contribution in [0.5, 0.6) is 0 Å². The predicted octanol–water partition coefficient (Wildman–Crippen LogP) is 3.81. The molecule has 1 aliphatic heterocycles. The topological polar surface area (TPSA) is 20.3 Å². The Hall–Kier alpha value is -1.94. The van der Waals surface area contributed by atoms with E-state index in [0.717, 1.165) is 17.3 Å². The van der Waals surface area contributed by atoms with Crippen molar-refractivity contribution in [2.45, 2.75) is 11.8 Å². The molecule has 0 radical (unpaired) electrons. The number of hydrogen-bond donors (Lipinski definition) is 0. The molecule has 0 fully saturated rings. The van der Waals surface area contributed by atoms with Crippen molar-refractivity contribution in [1.29, 1.82) is 0 Å². The smallest absolute Gasteiger partial charge is 0.231 e. The van der Waals surface area contributed by atoms with Gasteiger partial charge in [0.15, 0.2) is 0 Å². The van der Waals surface area contributed by atoms with Crippen molar-refractivity contribution in [3.63, 3.8) is 0 Å². The summed E-state index contributed by atoms with van der Waals surface area (Å²) in [5.74, 6) is -1.30. The summed E-state index contributed by atoms with van der Waals surface area (Å²) in [5.41, 5.74) is 2.61. The van der Waals surface area contributed by atoms with Crippen molar-refractivity contribution < 1.29 is 13.6 Å². The minimum atomic E-state index is -0.725. The second-order valence-electron chi connectivity index (χ2n) is 5.05. The minimum Gasteiger partial charge on any atom is -0.315 e. The third-order valence-corrected chi connectivity index (χ3v) is 4.20. The molecule has 0 aromatic heterocycles. The third-order valence-electron chi connectivity index (χ3n) is 3.71. The number of anilines is 1. The van der Waals surface area contributed by atoms with Crippen LogP contribution >= 0.6 is 11.6 Å². The van der Waals surface area contributed by atoms with Crippen LogP contribution in [0.3, 0.4) is 0 Å². The molecular formula is C16H12ClF2NO. The van der Waals surface area contributed by atoms with E-state index in [1.807, 2.05) is 0 Å². The number of halogens is 3. The Morgan fingerprint density at radius 2 is 1.95 bits per heavy atom. The summed E-state index contributed by atoms with van der Waals surface area (Å²) in [4.78, 5) is 13.2. The number of benzene rings is 2. The highest BCUT2D eigenvalue weighted by atomic mass is 35.5. The predicted molar refractivity (Wildman–Crippen MR) is 77.6 cm³/mol. The van der Waals surface area contributed by atoms with Crippen molar-refractivity contribution in [3.8, 4) is 0 Å². The van der Waals surface area contributed by atoms with Crippen LogP contribution in [0.25, 0.3) is 0 Å². The molecule has 5 heteroatoms. The van der Waals surface area contributed by atoms with Gasteiger partial charge in [-0.15, -0.1) is 11.6 Å². The Bertz CT molecular complexity index is 732. The average molecular weight is 308 g/mol. The molecule has 1 unspecified atom stereocenters. The van der Waals surface area contributed by atoms with Crippen molar-refractivity contribution in [2.24, 2.45) is 0 Å². The molecule has 2 nitrogen and oxygen atoms in total. The Labute approximate surface area is 125 Å². The monoisotopic (exact) mass is 307 g/mol. The van der Waals surface area contributed by atoms with Crippen LogP contribution < -0.4 is 4.90 Å². The van der Waals surface area contributed by atoms with E-state index in [1.165, 1.54) is 12.1 Å². The summed E-state index contributed by atoms with van der Waals surface area (Å²) in [5, 5.41) is -0.725. The lowest BCUT2D eigenvalue weighted by Gasteiger charge is -2.14. The largest absolute Gasteiger partial charge is 0.315 e. The highest BCUT2D eigenvalue weighted by Gasteiger charge is 2.25. The number of fused-ring (bicyclic) bond motifs is 1. The number of carbonyl (C=O) groups excluding carboxylic acids is 1. The molecule has 1 amide bonds. The minimum absolute atomic E-state index is 0.0150. The summed E-state index contributed by atoms with van der Waals surface area (Å²) in [6, 6.07) is 8.69. The van der Waals surface area contributed by atoms with Crippen LogP contribution in [0.2, 0.25) is 0 Å². The van der Waals surface area contributed by atoms with Gasteiger partial charge in [-0.25, -0.2) is 8.78 Å². The van der Waals surface area contributed by atoms with Gasteiger partial charge in [-0.05, 0) is 23.3 Å². The first-order chi connectivity index (χ1) is 9.97. The zero-order valence-corrected chi connectivity index (χ0v) is 12.0. The third kappa shape index (κ3) is 2.40. The maximum Gasteiger partial charge on any atom is 0.231 e. The summed E-state index contributed by atoms with van der Waals surface area (Å²) in [6.45, 7) is 0. The Morgan fingerprint density at radius 1 is 1.19 bits per heavy atom. The summed E-state index contributed by atoms with van der Waals surface area (Å²) < 4.78 is 26.8. The summed E-state index contributed by atoms with van der Waals surface area (Å²) in [7, 11) is 1.71. The van der Waals surface area contributed by atoms with Crippen LogP contribution in [-0.4, -0.2) is 13.0 Å². The number of nitrogens with zero attached hydrogens (tertiary/aromatic N) is 1. The number of carbonyl (C=O) groups is 1. The van der Waals surface area contributed by atoms with E-state index in [0.29, 0.717) is 12.0 Å². The molecule has 108 valence electrons. The Morgan fingerprint density at radius 3 is 2.67 bits per heavy atom. The van der Waals surface area contributed by atoms with Gasteiger partial charge in [-0.1, -0.05) is 18.2 Å². The second-order valence-corrected chi connectivity index (χ2v) is 5.48. The molecule has 1 aliphatic rings. The molecule has 1 atom stereocenters. The summed E-state index contributed by atoms with van der Waals surface area (Å²) in [6.07, 6.45) is 0.315. The lowest BCUT2D eigenvalue weighted by Crippen LogP contribution is -2.20. The standard InChI is InChI=1S/C16H12ClF2NO/c1-20-14-5-2-9(6-10(14)7-15(20)21)16(17)12-4-3-11(18)8-13(12)19/h2-6,8,16H,7H2,1H3. The maximum atomic E-state index is 13.8. The zero-order valence-electron chi connectivity index (χ0n) is 11.2. The number of alkyl halides is 1. The van der Waals surface area contributed by atoms with E-state index in [9.17, 15) is 13.6 Å². The van der Waals surface area contributed by atoms with E-state index < -0.39 is 17.0 Å². The molecule has 0 saturated carbocycles. The van der Waals surface area contributed by atoms with Gasteiger partial charge in [-0.2, -0.15) is 0 Å². The van der Waals surface area contributed by atoms with Gasteiger partial charge in [0.2, 0.25) is 5.91 Å². The molecular weight excluding hydrogens is 296 g/mol. The molecule has 0 bridgehead atoms. The molecule has 0 saturated heterocycles. The number of likely N-dealkylation sites (N-methyl/N-ethyl adjacent to an activating group) is 1. The van der Waals surface area contributed by atoms with Crippen molar-refractivity contribution in [3.05, 3.63) is 64.7 Å². The van der Waals surface area contributed by atoms with E-state index in [-0.39, 0.29) is 11.5 Å². The Balaban J connectivity index is 1.98. The first-order valence-corrected chi connectivity index (χ1v) is 6.89. The maximum absolute atomic E-state index is 13.8. The van der Waals surface area contributed by atoms with E-state index in [1.54, 1.807) is 30.1 Å². The molecule has 2 aromatic carbocycles. The van der Waals surface area contributed by atoms with Gasteiger partial charge in [0.05, 0.1) is 11.8 Å². The van der Waals surface area contributed by atoms with Gasteiger partial charge < -0.3 is 4.90 Å². The lowest BCUT2D eigenvalue weighted by molar-refractivity contribution is -0.117. The molecule has 2 aromatic rings.